The molecule has 27 heavy (non-hydrogen) atoms. The Bertz CT molecular complexity index is 785. The van der Waals surface area contributed by atoms with Crippen molar-refractivity contribution in [2.45, 2.75) is 57.9 Å². The van der Waals surface area contributed by atoms with Crippen molar-refractivity contribution >= 4 is 11.7 Å². The number of Topliss-reactive ketones (excluding diaryl/α,β-unsaturated/α-hetero) is 1. The molecule has 1 heterocycles. The monoisotopic (exact) mass is 370 g/mol. The van der Waals surface area contributed by atoms with Crippen molar-refractivity contribution < 1.29 is 14.0 Å². The SMILES string of the molecule is C=C1CC(c2ccoc2)CC2(C)C1CCC1(C)C(C(N)=O)CC(N)C(=O)C21. The number of hydrogen-bond acceptors (Lipinski definition) is 4. The topological polar surface area (TPSA) is 99.3 Å². The quantitative estimate of drug-likeness (QED) is 0.781. The number of primary amides is 1. The van der Waals surface area contributed by atoms with Crippen LogP contribution in [-0.4, -0.2) is 17.7 Å². The zero-order valence-electron chi connectivity index (χ0n) is 16.2. The van der Waals surface area contributed by atoms with E-state index in [2.05, 4.69) is 20.4 Å². The first-order valence-corrected chi connectivity index (χ1v) is 9.97. The van der Waals surface area contributed by atoms with Crippen molar-refractivity contribution in [3.8, 4) is 0 Å². The minimum Gasteiger partial charge on any atom is -0.472 e. The summed E-state index contributed by atoms with van der Waals surface area (Å²) in [4.78, 5) is 25.6. The average Bonchev–Trinajstić information content (AvgIpc) is 3.11. The van der Waals surface area contributed by atoms with Crippen molar-refractivity contribution in [3.05, 3.63) is 36.3 Å². The lowest BCUT2D eigenvalue weighted by Crippen LogP contribution is -2.65. The molecule has 1 amide bonds. The highest BCUT2D eigenvalue weighted by Gasteiger charge is 2.64. The lowest BCUT2D eigenvalue weighted by atomic mass is 9.40. The van der Waals surface area contributed by atoms with E-state index in [1.807, 2.05) is 6.07 Å². The standard InChI is InChI=1S/C22H30N2O3/c1-12-8-14(13-5-7-27-11-13)10-22(3)15(12)4-6-21(2)16(20(24)26)9-17(23)18(25)19(21)22/h5,7,11,14-17,19H,1,4,6,8-10,23H2,2-3H3,(H2,24,26). The fourth-order valence-corrected chi connectivity index (χ4v) is 6.94. The zero-order chi connectivity index (χ0) is 19.6. The Kier molecular flexibility index (Phi) is 4.15. The highest BCUT2D eigenvalue weighted by atomic mass is 16.3. The third-order valence-corrected chi connectivity index (χ3v) is 8.07. The van der Waals surface area contributed by atoms with Crippen LogP contribution in [0.3, 0.4) is 0 Å². The van der Waals surface area contributed by atoms with Gasteiger partial charge in [-0.2, -0.15) is 0 Å². The van der Waals surface area contributed by atoms with E-state index in [0.29, 0.717) is 6.42 Å². The second-order valence-corrected chi connectivity index (χ2v) is 9.56. The average molecular weight is 370 g/mol. The molecule has 7 unspecified atom stereocenters. The number of nitrogens with two attached hydrogens (primary N) is 2. The Morgan fingerprint density at radius 3 is 2.70 bits per heavy atom. The van der Waals surface area contributed by atoms with Crippen LogP contribution in [0.15, 0.2) is 35.2 Å². The van der Waals surface area contributed by atoms with E-state index in [0.717, 1.165) is 31.2 Å². The van der Waals surface area contributed by atoms with Crippen LogP contribution in [0.5, 0.6) is 0 Å². The second-order valence-electron chi connectivity index (χ2n) is 9.56. The highest BCUT2D eigenvalue weighted by Crippen LogP contribution is 2.66. The summed E-state index contributed by atoms with van der Waals surface area (Å²) in [5.74, 6) is -0.289. The van der Waals surface area contributed by atoms with Crippen molar-refractivity contribution in [1.82, 2.24) is 0 Å². The van der Waals surface area contributed by atoms with Crippen LogP contribution in [0, 0.1) is 28.6 Å². The number of hydrogen-bond donors (Lipinski definition) is 2. The predicted molar refractivity (Wildman–Crippen MR) is 103 cm³/mol. The normalized spacial score (nSPS) is 44.5. The van der Waals surface area contributed by atoms with E-state index in [9.17, 15) is 9.59 Å². The molecule has 0 aromatic carbocycles. The number of rotatable bonds is 2. The van der Waals surface area contributed by atoms with Crippen molar-refractivity contribution in [3.63, 3.8) is 0 Å². The van der Waals surface area contributed by atoms with Crippen LogP contribution < -0.4 is 11.5 Å². The van der Waals surface area contributed by atoms with Gasteiger partial charge in [0.05, 0.1) is 18.6 Å². The van der Waals surface area contributed by atoms with E-state index in [4.69, 9.17) is 15.9 Å². The van der Waals surface area contributed by atoms with E-state index < -0.39 is 11.5 Å². The fourth-order valence-electron chi connectivity index (χ4n) is 6.94. The summed E-state index contributed by atoms with van der Waals surface area (Å²) in [7, 11) is 0. The smallest absolute Gasteiger partial charge is 0.221 e. The lowest BCUT2D eigenvalue weighted by Gasteiger charge is -2.62. The van der Waals surface area contributed by atoms with Crippen LogP contribution in [-0.2, 0) is 9.59 Å². The predicted octanol–water partition coefficient (Wildman–Crippen LogP) is 3.15. The van der Waals surface area contributed by atoms with Gasteiger partial charge in [0, 0.05) is 11.8 Å². The Balaban J connectivity index is 1.79. The van der Waals surface area contributed by atoms with E-state index in [1.165, 1.54) is 5.57 Å². The Morgan fingerprint density at radius 2 is 2.07 bits per heavy atom. The second kappa shape index (κ2) is 6.06. The molecule has 5 heteroatoms. The maximum atomic E-state index is 13.4. The number of fused-ring (bicyclic) bond motifs is 3. The van der Waals surface area contributed by atoms with Gasteiger partial charge >= 0.3 is 0 Å². The molecule has 1 aromatic heterocycles. The molecule has 3 saturated carbocycles. The highest BCUT2D eigenvalue weighted by molar-refractivity contribution is 5.92. The van der Waals surface area contributed by atoms with Gasteiger partial charge in [-0.15, -0.1) is 0 Å². The Hall–Kier alpha value is -1.88. The van der Waals surface area contributed by atoms with Gasteiger partial charge in [0.2, 0.25) is 5.91 Å². The van der Waals surface area contributed by atoms with E-state index in [1.54, 1.807) is 12.5 Å². The number of amides is 1. The summed E-state index contributed by atoms with van der Waals surface area (Å²) in [5.41, 5.74) is 13.7. The molecule has 1 aromatic rings. The minimum absolute atomic E-state index is 0.0999. The maximum absolute atomic E-state index is 13.4. The van der Waals surface area contributed by atoms with E-state index in [-0.39, 0.29) is 40.8 Å². The van der Waals surface area contributed by atoms with Gasteiger partial charge in [0.15, 0.2) is 5.78 Å². The number of carbonyl (C=O) groups is 2. The molecule has 0 saturated heterocycles. The van der Waals surface area contributed by atoms with E-state index >= 15 is 0 Å². The van der Waals surface area contributed by atoms with Crippen LogP contribution in [0.4, 0.5) is 0 Å². The molecule has 0 aliphatic heterocycles. The summed E-state index contributed by atoms with van der Waals surface area (Å²) in [6.07, 6.45) is 7.43. The number of carbonyl (C=O) groups excluding carboxylic acids is 2. The molecule has 3 aliphatic rings. The molecule has 3 aliphatic carbocycles. The van der Waals surface area contributed by atoms with Gasteiger partial charge in [-0.25, -0.2) is 0 Å². The first-order chi connectivity index (χ1) is 12.7. The Morgan fingerprint density at radius 1 is 1.33 bits per heavy atom. The van der Waals surface area contributed by atoms with Crippen LogP contribution in [0.25, 0.3) is 0 Å². The van der Waals surface area contributed by atoms with Crippen molar-refractivity contribution in [2.24, 2.45) is 40.1 Å². The minimum atomic E-state index is -0.612. The van der Waals surface area contributed by atoms with Gasteiger partial charge in [-0.3, -0.25) is 9.59 Å². The third-order valence-electron chi connectivity index (χ3n) is 8.07. The molecular formula is C22H30N2O3. The summed E-state index contributed by atoms with van der Waals surface area (Å²) < 4.78 is 5.31. The van der Waals surface area contributed by atoms with Crippen molar-refractivity contribution in [1.29, 1.82) is 0 Å². The van der Waals surface area contributed by atoms with Crippen LogP contribution in [0.1, 0.15) is 57.4 Å². The van der Waals surface area contributed by atoms with Gasteiger partial charge in [0.1, 0.15) is 0 Å². The molecule has 4 rings (SSSR count). The summed E-state index contributed by atoms with van der Waals surface area (Å²) in [6, 6.07) is 1.39. The summed E-state index contributed by atoms with van der Waals surface area (Å²) in [6.45, 7) is 8.70. The lowest BCUT2D eigenvalue weighted by molar-refractivity contribution is -0.164. The molecular weight excluding hydrogens is 340 g/mol. The maximum Gasteiger partial charge on any atom is 0.221 e. The van der Waals surface area contributed by atoms with Gasteiger partial charge in [0.25, 0.3) is 0 Å². The first kappa shape index (κ1) is 18.5. The molecule has 0 bridgehead atoms. The fraction of sp³-hybridized carbons (Fsp3) is 0.636. The largest absolute Gasteiger partial charge is 0.472 e. The molecule has 0 radical (unpaired) electrons. The molecule has 0 spiro atoms. The number of allylic oxidation sites excluding steroid dienone is 1. The zero-order valence-corrected chi connectivity index (χ0v) is 16.2. The van der Waals surface area contributed by atoms with Crippen LogP contribution in [0.2, 0.25) is 0 Å². The third kappa shape index (κ3) is 2.54. The molecule has 5 nitrogen and oxygen atoms in total. The number of furan rings is 1. The molecule has 7 atom stereocenters. The summed E-state index contributed by atoms with van der Waals surface area (Å²) >= 11 is 0. The molecule has 3 fully saturated rings. The molecule has 146 valence electrons. The molecule has 4 N–H and O–H groups in total. The van der Waals surface area contributed by atoms with Gasteiger partial charge < -0.3 is 15.9 Å². The number of ketones is 1. The van der Waals surface area contributed by atoms with Gasteiger partial charge in [-0.1, -0.05) is 26.0 Å². The summed E-state index contributed by atoms with van der Waals surface area (Å²) in [5, 5.41) is 0. The van der Waals surface area contributed by atoms with Gasteiger partial charge in [-0.05, 0) is 66.4 Å². The van der Waals surface area contributed by atoms with Crippen LogP contribution >= 0.6 is 0 Å². The van der Waals surface area contributed by atoms with Crippen molar-refractivity contribution in [2.75, 3.05) is 0 Å². The Labute approximate surface area is 160 Å². The first-order valence-electron chi connectivity index (χ1n) is 9.97.